The van der Waals surface area contributed by atoms with Gasteiger partial charge in [-0.15, -0.1) is 11.8 Å². The Morgan fingerprint density at radius 3 is 2.68 bits per heavy atom. The molecular weight excluding hydrogens is 300 g/mol. The van der Waals surface area contributed by atoms with E-state index in [0.29, 0.717) is 16.1 Å². The number of amides is 1. The number of benzene rings is 2. The number of carbonyl (C=O) groups is 2. The monoisotopic (exact) mass is 311 g/mol. The van der Waals surface area contributed by atoms with Gasteiger partial charge in [-0.25, -0.2) is 0 Å². The first-order chi connectivity index (χ1) is 10.6. The predicted octanol–water partition coefficient (Wildman–Crippen LogP) is 1.65. The first-order valence-electron chi connectivity index (χ1n) is 6.33. The summed E-state index contributed by atoms with van der Waals surface area (Å²) in [6.07, 6.45) is 0. The van der Waals surface area contributed by atoms with Crippen LogP contribution in [0, 0.1) is 11.3 Å². The Bertz CT molecular complexity index is 753. The minimum absolute atomic E-state index is 0.0566. The van der Waals surface area contributed by atoms with E-state index in [2.05, 4.69) is 5.32 Å². The van der Waals surface area contributed by atoms with E-state index in [-0.39, 0.29) is 17.2 Å². The maximum atomic E-state index is 11.9. The zero-order chi connectivity index (χ0) is 15.9. The van der Waals surface area contributed by atoms with E-state index in [1.807, 2.05) is 6.07 Å². The molecule has 2 aromatic rings. The van der Waals surface area contributed by atoms with Gasteiger partial charge in [0.05, 0.1) is 23.4 Å². The first kappa shape index (κ1) is 15.6. The molecule has 0 heterocycles. The van der Waals surface area contributed by atoms with Crippen molar-refractivity contribution in [1.82, 2.24) is 0 Å². The summed E-state index contributed by atoms with van der Waals surface area (Å²) in [5, 5.41) is 22.4. The Balaban J connectivity index is 1.99. The lowest BCUT2D eigenvalue weighted by Gasteiger charge is -2.10. The Kier molecular flexibility index (Phi) is 5.17. The summed E-state index contributed by atoms with van der Waals surface area (Å²) in [7, 11) is 0. The minimum atomic E-state index is -1.27. The van der Waals surface area contributed by atoms with Gasteiger partial charge < -0.3 is 15.2 Å². The van der Waals surface area contributed by atoms with Crippen LogP contribution in [-0.4, -0.2) is 17.6 Å². The third-order valence-corrected chi connectivity index (χ3v) is 3.81. The SMILES string of the molecule is N#Cc1cccc(NC(=O)CSc2ccccc2C(=O)[O-])c1. The third kappa shape index (κ3) is 4.11. The molecule has 0 aromatic heterocycles. The van der Waals surface area contributed by atoms with E-state index in [9.17, 15) is 14.7 Å². The van der Waals surface area contributed by atoms with Gasteiger partial charge in [0, 0.05) is 16.1 Å². The van der Waals surface area contributed by atoms with Crippen molar-refractivity contribution in [2.75, 3.05) is 11.1 Å². The van der Waals surface area contributed by atoms with Crippen LogP contribution < -0.4 is 10.4 Å². The molecule has 0 unspecified atom stereocenters. The Hall–Kier alpha value is -2.78. The standard InChI is InChI=1S/C16H12N2O3S/c17-9-11-4-3-5-12(8-11)18-15(19)10-22-14-7-2-1-6-13(14)16(20)21/h1-8H,10H2,(H,18,19)(H,20,21)/p-1. The number of nitrogens with one attached hydrogen (secondary N) is 1. The molecule has 1 N–H and O–H groups in total. The largest absolute Gasteiger partial charge is 0.545 e. The van der Waals surface area contributed by atoms with Crippen LogP contribution in [0.25, 0.3) is 0 Å². The molecule has 0 spiro atoms. The van der Waals surface area contributed by atoms with Gasteiger partial charge in [0.25, 0.3) is 0 Å². The highest BCUT2D eigenvalue weighted by molar-refractivity contribution is 8.00. The maximum Gasteiger partial charge on any atom is 0.234 e. The molecule has 2 rings (SSSR count). The van der Waals surface area contributed by atoms with Crippen LogP contribution in [-0.2, 0) is 4.79 Å². The topological polar surface area (TPSA) is 93.0 Å². The lowest BCUT2D eigenvalue weighted by molar-refractivity contribution is -0.255. The predicted molar refractivity (Wildman–Crippen MR) is 81.3 cm³/mol. The van der Waals surface area contributed by atoms with Crippen molar-refractivity contribution in [1.29, 1.82) is 5.26 Å². The van der Waals surface area contributed by atoms with E-state index < -0.39 is 5.97 Å². The number of thioether (sulfide) groups is 1. The average molecular weight is 311 g/mol. The number of carbonyl (C=O) groups excluding carboxylic acids is 2. The average Bonchev–Trinajstić information content (AvgIpc) is 2.53. The molecule has 0 atom stereocenters. The van der Waals surface area contributed by atoms with Crippen molar-refractivity contribution in [3.8, 4) is 6.07 Å². The van der Waals surface area contributed by atoms with E-state index in [4.69, 9.17) is 5.26 Å². The molecule has 0 saturated carbocycles. The summed E-state index contributed by atoms with van der Waals surface area (Å²) in [6.45, 7) is 0. The second kappa shape index (κ2) is 7.29. The highest BCUT2D eigenvalue weighted by Gasteiger charge is 2.08. The maximum absolute atomic E-state index is 11.9. The summed E-state index contributed by atoms with van der Waals surface area (Å²) in [4.78, 5) is 23.3. The first-order valence-corrected chi connectivity index (χ1v) is 7.32. The van der Waals surface area contributed by atoms with Crippen LogP contribution in [0.15, 0.2) is 53.4 Å². The van der Waals surface area contributed by atoms with Gasteiger partial charge in [0.1, 0.15) is 0 Å². The van der Waals surface area contributed by atoms with Gasteiger partial charge in [-0.3, -0.25) is 4.79 Å². The number of aromatic carboxylic acids is 1. The Morgan fingerprint density at radius 2 is 1.95 bits per heavy atom. The lowest BCUT2D eigenvalue weighted by Crippen LogP contribution is -2.23. The number of carboxylic acid groups (broad SMARTS) is 1. The highest BCUT2D eigenvalue weighted by atomic mass is 32.2. The van der Waals surface area contributed by atoms with Gasteiger partial charge in [-0.1, -0.05) is 24.3 Å². The minimum Gasteiger partial charge on any atom is -0.545 e. The van der Waals surface area contributed by atoms with Crippen LogP contribution in [0.2, 0.25) is 0 Å². The number of carboxylic acids is 1. The van der Waals surface area contributed by atoms with Crippen molar-refractivity contribution >= 4 is 29.3 Å². The number of nitriles is 1. The molecule has 0 radical (unpaired) electrons. The number of anilines is 1. The molecule has 2 aromatic carbocycles. The zero-order valence-corrected chi connectivity index (χ0v) is 12.2. The molecule has 0 aliphatic rings. The molecule has 22 heavy (non-hydrogen) atoms. The van der Waals surface area contributed by atoms with Gasteiger partial charge in [-0.05, 0) is 24.3 Å². The summed E-state index contributed by atoms with van der Waals surface area (Å²) in [5.41, 5.74) is 1.04. The van der Waals surface area contributed by atoms with E-state index in [0.717, 1.165) is 11.8 Å². The van der Waals surface area contributed by atoms with Gasteiger partial charge in [0.2, 0.25) is 5.91 Å². The van der Waals surface area contributed by atoms with E-state index in [1.54, 1.807) is 42.5 Å². The van der Waals surface area contributed by atoms with Crippen molar-refractivity contribution in [2.24, 2.45) is 0 Å². The smallest absolute Gasteiger partial charge is 0.234 e. The lowest BCUT2D eigenvalue weighted by atomic mass is 10.2. The van der Waals surface area contributed by atoms with E-state index in [1.165, 1.54) is 6.07 Å². The Morgan fingerprint density at radius 1 is 1.18 bits per heavy atom. The van der Waals surface area contributed by atoms with Crippen molar-refractivity contribution in [3.63, 3.8) is 0 Å². The van der Waals surface area contributed by atoms with Gasteiger partial charge in [-0.2, -0.15) is 5.26 Å². The van der Waals surface area contributed by atoms with Gasteiger partial charge >= 0.3 is 0 Å². The quantitative estimate of drug-likeness (QED) is 0.848. The van der Waals surface area contributed by atoms with Crippen molar-refractivity contribution in [3.05, 3.63) is 59.7 Å². The van der Waals surface area contributed by atoms with Gasteiger partial charge in [0.15, 0.2) is 0 Å². The van der Waals surface area contributed by atoms with Crippen LogP contribution in [0.5, 0.6) is 0 Å². The highest BCUT2D eigenvalue weighted by Crippen LogP contribution is 2.22. The second-order valence-corrected chi connectivity index (χ2v) is 5.33. The van der Waals surface area contributed by atoms with Crippen molar-refractivity contribution < 1.29 is 14.7 Å². The molecule has 5 nitrogen and oxygen atoms in total. The summed E-state index contributed by atoms with van der Waals surface area (Å²) < 4.78 is 0. The van der Waals surface area contributed by atoms with Crippen LogP contribution >= 0.6 is 11.8 Å². The summed E-state index contributed by atoms with van der Waals surface area (Å²) in [5.74, 6) is -1.50. The summed E-state index contributed by atoms with van der Waals surface area (Å²) >= 11 is 1.11. The molecule has 0 bridgehead atoms. The van der Waals surface area contributed by atoms with Crippen molar-refractivity contribution in [2.45, 2.75) is 4.90 Å². The van der Waals surface area contributed by atoms with Crippen LogP contribution in [0.3, 0.4) is 0 Å². The molecule has 1 amide bonds. The number of hydrogen-bond acceptors (Lipinski definition) is 5. The molecule has 0 aliphatic heterocycles. The molecule has 6 heteroatoms. The number of nitrogens with zero attached hydrogens (tertiary/aromatic N) is 1. The molecule has 0 aliphatic carbocycles. The fourth-order valence-electron chi connectivity index (χ4n) is 1.77. The summed E-state index contributed by atoms with van der Waals surface area (Å²) in [6, 6.07) is 14.9. The number of hydrogen-bond donors (Lipinski definition) is 1. The molecular formula is C16H11N2O3S-. The molecule has 0 fully saturated rings. The second-order valence-electron chi connectivity index (χ2n) is 4.31. The number of rotatable bonds is 5. The van der Waals surface area contributed by atoms with Crippen LogP contribution in [0.1, 0.15) is 15.9 Å². The molecule has 110 valence electrons. The Labute approximate surface area is 131 Å². The zero-order valence-electron chi connectivity index (χ0n) is 11.4. The van der Waals surface area contributed by atoms with E-state index >= 15 is 0 Å². The molecule has 0 saturated heterocycles. The fourth-order valence-corrected chi connectivity index (χ4v) is 2.61. The normalized spacial score (nSPS) is 9.77. The fraction of sp³-hybridized carbons (Fsp3) is 0.0625. The third-order valence-electron chi connectivity index (χ3n) is 2.74. The van der Waals surface area contributed by atoms with Crippen LogP contribution in [0.4, 0.5) is 5.69 Å².